The minimum atomic E-state index is 0.800. The van der Waals surface area contributed by atoms with Gasteiger partial charge in [-0.05, 0) is 60.2 Å². The molecule has 1 aliphatic heterocycles. The van der Waals surface area contributed by atoms with Crippen molar-refractivity contribution in [2.45, 2.75) is 5.16 Å². The molecule has 7 heteroatoms. The van der Waals surface area contributed by atoms with Gasteiger partial charge in [0.1, 0.15) is 11.6 Å². The zero-order valence-electron chi connectivity index (χ0n) is 13.3. The quantitative estimate of drug-likeness (QED) is 0.447. The number of hydrogen-bond acceptors (Lipinski definition) is 6. The van der Waals surface area contributed by atoms with Crippen LogP contribution < -0.4 is 10.2 Å². The maximum atomic E-state index is 4.67. The third kappa shape index (κ3) is 4.48. The van der Waals surface area contributed by atoms with Crippen molar-refractivity contribution in [3.63, 3.8) is 0 Å². The number of aromatic nitrogens is 2. The SMILES string of the molecule is CSc1nc(Nc2ccc(I)cc2)cc(N2CCN(C)CC2)n1. The minimum absolute atomic E-state index is 0.800. The van der Waals surface area contributed by atoms with E-state index in [1.165, 1.54) is 3.57 Å². The number of rotatable bonds is 4. The van der Waals surface area contributed by atoms with E-state index in [2.05, 4.69) is 79.0 Å². The second-order valence-electron chi connectivity index (χ2n) is 5.52. The number of nitrogens with one attached hydrogen (secondary N) is 1. The molecule has 0 radical (unpaired) electrons. The van der Waals surface area contributed by atoms with Gasteiger partial charge in [0.25, 0.3) is 0 Å². The molecule has 1 aromatic heterocycles. The van der Waals surface area contributed by atoms with Crippen LogP contribution >= 0.6 is 34.4 Å². The highest BCUT2D eigenvalue weighted by atomic mass is 127. The molecule has 0 amide bonds. The Morgan fingerprint density at radius 2 is 1.78 bits per heavy atom. The number of piperazine rings is 1. The Morgan fingerprint density at radius 3 is 2.43 bits per heavy atom. The van der Waals surface area contributed by atoms with Crippen LogP contribution in [0.4, 0.5) is 17.3 Å². The number of hydrogen-bond donors (Lipinski definition) is 1. The summed E-state index contributed by atoms with van der Waals surface area (Å²) in [5, 5.41) is 4.19. The van der Waals surface area contributed by atoms with E-state index in [1.807, 2.05) is 12.3 Å². The molecule has 2 heterocycles. The Kier molecular flexibility index (Phi) is 5.60. The van der Waals surface area contributed by atoms with Crippen molar-refractivity contribution in [2.24, 2.45) is 0 Å². The van der Waals surface area contributed by atoms with Gasteiger partial charge in [-0.25, -0.2) is 9.97 Å². The lowest BCUT2D eigenvalue weighted by Gasteiger charge is -2.33. The van der Waals surface area contributed by atoms with Gasteiger partial charge >= 0.3 is 0 Å². The molecule has 1 saturated heterocycles. The fourth-order valence-electron chi connectivity index (χ4n) is 2.45. The zero-order valence-corrected chi connectivity index (χ0v) is 16.3. The molecular weight excluding hydrogens is 421 g/mol. The van der Waals surface area contributed by atoms with E-state index >= 15 is 0 Å². The van der Waals surface area contributed by atoms with Gasteiger partial charge in [-0.3, -0.25) is 0 Å². The lowest BCUT2D eigenvalue weighted by molar-refractivity contribution is 0.312. The van der Waals surface area contributed by atoms with E-state index < -0.39 is 0 Å². The number of halogens is 1. The molecular formula is C16H20IN5S. The Morgan fingerprint density at radius 1 is 1.09 bits per heavy atom. The molecule has 1 N–H and O–H groups in total. The second kappa shape index (κ2) is 7.67. The summed E-state index contributed by atoms with van der Waals surface area (Å²) >= 11 is 3.88. The first kappa shape index (κ1) is 16.8. The van der Waals surface area contributed by atoms with Crippen LogP contribution in [0.1, 0.15) is 0 Å². The van der Waals surface area contributed by atoms with Crippen molar-refractivity contribution in [3.05, 3.63) is 33.9 Å². The highest BCUT2D eigenvalue weighted by Crippen LogP contribution is 2.24. The number of likely N-dealkylation sites (N-methyl/N-ethyl adjacent to an activating group) is 1. The highest BCUT2D eigenvalue weighted by Gasteiger charge is 2.17. The summed E-state index contributed by atoms with van der Waals surface area (Å²) in [6, 6.07) is 10.3. The molecule has 2 aromatic rings. The van der Waals surface area contributed by atoms with E-state index in [9.17, 15) is 0 Å². The summed E-state index contributed by atoms with van der Waals surface area (Å²) in [6.07, 6.45) is 2.01. The summed E-state index contributed by atoms with van der Waals surface area (Å²) in [6.45, 7) is 4.14. The van der Waals surface area contributed by atoms with Gasteiger partial charge in [-0.1, -0.05) is 11.8 Å². The Balaban J connectivity index is 1.82. The van der Waals surface area contributed by atoms with Crippen LogP contribution in [0.2, 0.25) is 0 Å². The van der Waals surface area contributed by atoms with Gasteiger partial charge in [0.15, 0.2) is 5.16 Å². The first-order chi connectivity index (χ1) is 11.1. The van der Waals surface area contributed by atoms with Crippen molar-refractivity contribution in [1.82, 2.24) is 14.9 Å². The molecule has 122 valence electrons. The molecule has 0 aliphatic carbocycles. The van der Waals surface area contributed by atoms with Gasteiger partial charge < -0.3 is 15.1 Å². The lowest BCUT2D eigenvalue weighted by Crippen LogP contribution is -2.44. The summed E-state index contributed by atoms with van der Waals surface area (Å²) in [7, 11) is 2.16. The van der Waals surface area contributed by atoms with Gasteiger partial charge in [0.05, 0.1) is 0 Å². The van der Waals surface area contributed by atoms with E-state index in [-0.39, 0.29) is 0 Å². The Labute approximate surface area is 155 Å². The molecule has 0 atom stereocenters. The first-order valence-corrected chi connectivity index (χ1v) is 9.83. The molecule has 5 nitrogen and oxygen atoms in total. The van der Waals surface area contributed by atoms with E-state index in [4.69, 9.17) is 0 Å². The van der Waals surface area contributed by atoms with E-state index in [1.54, 1.807) is 11.8 Å². The van der Waals surface area contributed by atoms with Crippen molar-refractivity contribution in [3.8, 4) is 0 Å². The molecule has 0 bridgehead atoms. The molecule has 1 aliphatic rings. The van der Waals surface area contributed by atoms with Crippen molar-refractivity contribution < 1.29 is 0 Å². The van der Waals surface area contributed by atoms with E-state index in [0.29, 0.717) is 0 Å². The number of thioether (sulfide) groups is 1. The third-order valence-corrected chi connectivity index (χ3v) is 5.09. The predicted molar refractivity (Wildman–Crippen MR) is 106 cm³/mol. The Bertz CT molecular complexity index is 656. The largest absolute Gasteiger partial charge is 0.354 e. The van der Waals surface area contributed by atoms with Crippen molar-refractivity contribution in [1.29, 1.82) is 0 Å². The average molecular weight is 441 g/mol. The molecule has 23 heavy (non-hydrogen) atoms. The monoisotopic (exact) mass is 441 g/mol. The summed E-state index contributed by atoms with van der Waals surface area (Å²) in [5.41, 5.74) is 1.04. The van der Waals surface area contributed by atoms with Crippen LogP contribution in [-0.2, 0) is 0 Å². The maximum absolute atomic E-state index is 4.67. The summed E-state index contributed by atoms with van der Waals surface area (Å²) < 4.78 is 1.22. The van der Waals surface area contributed by atoms with Crippen LogP contribution in [0, 0.1) is 3.57 Å². The fraction of sp³-hybridized carbons (Fsp3) is 0.375. The number of nitrogens with zero attached hydrogens (tertiary/aromatic N) is 4. The Hall–Kier alpha value is -1.06. The lowest BCUT2D eigenvalue weighted by atomic mass is 10.3. The van der Waals surface area contributed by atoms with Gasteiger partial charge in [-0.2, -0.15) is 0 Å². The van der Waals surface area contributed by atoms with Crippen LogP contribution in [0.3, 0.4) is 0 Å². The third-order valence-electron chi connectivity index (χ3n) is 3.82. The topological polar surface area (TPSA) is 44.3 Å². The van der Waals surface area contributed by atoms with Crippen molar-refractivity contribution in [2.75, 3.05) is 49.7 Å². The standard InChI is InChI=1S/C16H20IN5S/c1-21-7-9-22(10-8-21)15-11-14(19-16(20-15)23-2)18-13-5-3-12(17)4-6-13/h3-6,11H,7-10H2,1-2H3,(H,18,19,20). The molecule has 1 fully saturated rings. The zero-order chi connectivity index (χ0) is 16.2. The second-order valence-corrected chi connectivity index (χ2v) is 7.54. The smallest absolute Gasteiger partial charge is 0.191 e. The normalized spacial score (nSPS) is 15.7. The molecule has 0 saturated carbocycles. The molecule has 0 spiro atoms. The predicted octanol–water partition coefficient (Wildman–Crippen LogP) is 3.30. The molecule has 0 unspecified atom stereocenters. The van der Waals surface area contributed by atoms with Crippen LogP contribution in [0.5, 0.6) is 0 Å². The summed E-state index contributed by atoms with van der Waals surface area (Å²) in [4.78, 5) is 13.9. The van der Waals surface area contributed by atoms with Gasteiger partial charge in [0, 0.05) is 41.5 Å². The highest BCUT2D eigenvalue weighted by molar-refractivity contribution is 14.1. The van der Waals surface area contributed by atoms with Gasteiger partial charge in [-0.15, -0.1) is 0 Å². The van der Waals surface area contributed by atoms with Crippen LogP contribution in [-0.4, -0.2) is 54.4 Å². The van der Waals surface area contributed by atoms with Crippen LogP contribution in [0.25, 0.3) is 0 Å². The number of benzene rings is 1. The number of anilines is 3. The minimum Gasteiger partial charge on any atom is -0.354 e. The molecule has 3 rings (SSSR count). The maximum Gasteiger partial charge on any atom is 0.191 e. The fourth-order valence-corrected chi connectivity index (χ4v) is 3.18. The molecule has 1 aromatic carbocycles. The van der Waals surface area contributed by atoms with Crippen LogP contribution in [0.15, 0.2) is 35.5 Å². The average Bonchev–Trinajstić information content (AvgIpc) is 2.57. The summed E-state index contributed by atoms with van der Waals surface area (Å²) in [5.74, 6) is 1.85. The first-order valence-electron chi connectivity index (χ1n) is 7.53. The van der Waals surface area contributed by atoms with Gasteiger partial charge in [0.2, 0.25) is 0 Å². The van der Waals surface area contributed by atoms with Crippen molar-refractivity contribution >= 4 is 51.7 Å². The van der Waals surface area contributed by atoms with E-state index in [0.717, 1.165) is 48.7 Å².